The first-order chi connectivity index (χ1) is 11.5. The van der Waals surface area contributed by atoms with Gasteiger partial charge >= 0.3 is 0 Å². The molecule has 2 N–H and O–H groups in total. The third-order valence-electron chi connectivity index (χ3n) is 4.13. The highest BCUT2D eigenvalue weighted by Crippen LogP contribution is 2.16. The smallest absolute Gasteiger partial charge is 0.258 e. The van der Waals surface area contributed by atoms with Crippen LogP contribution in [0.25, 0.3) is 0 Å². The van der Waals surface area contributed by atoms with E-state index in [0.29, 0.717) is 18.1 Å². The lowest BCUT2D eigenvalue weighted by atomic mass is 10.1. The first-order valence-electron chi connectivity index (χ1n) is 8.23. The highest BCUT2D eigenvalue weighted by atomic mass is 16.3. The molecule has 3 rings (SSSR count). The molecule has 0 spiro atoms. The topological polar surface area (TPSA) is 83.3 Å². The summed E-state index contributed by atoms with van der Waals surface area (Å²) in [5.74, 6) is 0.247. The number of hydrogen-bond acceptors (Lipinski definition) is 5. The van der Waals surface area contributed by atoms with E-state index in [1.807, 2.05) is 32.0 Å². The molecule has 24 heavy (non-hydrogen) atoms. The van der Waals surface area contributed by atoms with E-state index in [2.05, 4.69) is 20.3 Å². The molecule has 2 heterocycles. The number of carbonyl (C=O) groups is 1. The summed E-state index contributed by atoms with van der Waals surface area (Å²) < 4.78 is 1.67. The Hall–Kier alpha value is -2.25. The van der Waals surface area contributed by atoms with Crippen LogP contribution in [0.15, 0.2) is 30.6 Å². The molecule has 1 aliphatic heterocycles. The van der Waals surface area contributed by atoms with Crippen molar-refractivity contribution in [3.05, 3.63) is 41.7 Å². The molecule has 2 aromatic rings. The van der Waals surface area contributed by atoms with Gasteiger partial charge in [0.2, 0.25) is 5.95 Å². The molecule has 1 saturated heterocycles. The van der Waals surface area contributed by atoms with Crippen LogP contribution in [-0.4, -0.2) is 49.9 Å². The molecular formula is C17H23N5O2. The fourth-order valence-corrected chi connectivity index (χ4v) is 2.92. The number of nitrogens with zero attached hydrogens (tertiary/aromatic N) is 4. The number of aromatic nitrogens is 3. The second-order valence-corrected chi connectivity index (χ2v) is 6.45. The Labute approximate surface area is 141 Å². The van der Waals surface area contributed by atoms with E-state index in [0.717, 1.165) is 25.1 Å². The van der Waals surface area contributed by atoms with E-state index in [-0.39, 0.29) is 18.1 Å². The van der Waals surface area contributed by atoms with Gasteiger partial charge in [0.25, 0.3) is 5.91 Å². The summed E-state index contributed by atoms with van der Waals surface area (Å²) in [6, 6.07) is 7.67. The SMILES string of the molecule is CC(C)n1ncnc1NC(=O)c1cccc(CN2CC[C@H](O)C2)c1. The standard InChI is InChI=1S/C17H23N5O2/c1-12(2)22-17(18-11-19-22)20-16(24)14-5-3-4-13(8-14)9-21-7-6-15(23)10-21/h3-5,8,11-12,15,23H,6-7,9-10H2,1-2H3,(H,18,19,20,24)/t15-/m0/s1. The first-order valence-corrected chi connectivity index (χ1v) is 8.23. The van der Waals surface area contributed by atoms with E-state index in [1.54, 1.807) is 10.7 Å². The van der Waals surface area contributed by atoms with Crippen molar-refractivity contribution in [2.24, 2.45) is 0 Å². The predicted octanol–water partition coefficient (Wildman–Crippen LogP) is 1.68. The molecule has 7 nitrogen and oxygen atoms in total. The zero-order valence-electron chi connectivity index (χ0n) is 14.0. The number of amides is 1. The minimum Gasteiger partial charge on any atom is -0.392 e. The minimum absolute atomic E-state index is 0.121. The van der Waals surface area contributed by atoms with Crippen LogP contribution in [0.3, 0.4) is 0 Å². The van der Waals surface area contributed by atoms with Crippen LogP contribution in [-0.2, 0) is 6.54 Å². The molecule has 0 unspecified atom stereocenters. The number of nitrogens with one attached hydrogen (secondary N) is 1. The van der Waals surface area contributed by atoms with Gasteiger partial charge in [-0.15, -0.1) is 0 Å². The van der Waals surface area contributed by atoms with Crippen LogP contribution in [0.2, 0.25) is 0 Å². The largest absolute Gasteiger partial charge is 0.392 e. The Bertz CT molecular complexity index is 713. The van der Waals surface area contributed by atoms with Gasteiger partial charge in [0, 0.05) is 25.2 Å². The summed E-state index contributed by atoms with van der Waals surface area (Å²) in [7, 11) is 0. The summed E-state index contributed by atoms with van der Waals surface area (Å²) in [6.45, 7) is 6.27. The summed E-state index contributed by atoms with van der Waals surface area (Å²) >= 11 is 0. The summed E-state index contributed by atoms with van der Waals surface area (Å²) in [5.41, 5.74) is 1.65. The summed E-state index contributed by atoms with van der Waals surface area (Å²) in [5, 5.41) is 16.5. The number of aliphatic hydroxyl groups is 1. The van der Waals surface area contributed by atoms with Crippen LogP contribution >= 0.6 is 0 Å². The maximum absolute atomic E-state index is 12.5. The average molecular weight is 329 g/mol. The number of rotatable bonds is 5. The molecule has 1 aliphatic rings. The molecule has 1 fully saturated rings. The monoisotopic (exact) mass is 329 g/mol. The van der Waals surface area contributed by atoms with Crippen LogP contribution in [0, 0.1) is 0 Å². The predicted molar refractivity (Wildman–Crippen MR) is 90.7 cm³/mol. The van der Waals surface area contributed by atoms with Crippen LogP contribution < -0.4 is 5.32 Å². The highest BCUT2D eigenvalue weighted by molar-refractivity contribution is 6.03. The molecule has 1 atom stereocenters. The number of likely N-dealkylation sites (tertiary alicyclic amines) is 1. The van der Waals surface area contributed by atoms with Gasteiger partial charge in [-0.2, -0.15) is 10.1 Å². The van der Waals surface area contributed by atoms with Crippen LogP contribution in [0.4, 0.5) is 5.95 Å². The molecule has 1 amide bonds. The minimum atomic E-state index is -0.237. The third-order valence-corrected chi connectivity index (χ3v) is 4.13. The molecule has 1 aromatic heterocycles. The number of anilines is 1. The van der Waals surface area contributed by atoms with Crippen molar-refractivity contribution in [2.75, 3.05) is 18.4 Å². The van der Waals surface area contributed by atoms with Crippen LogP contribution in [0.1, 0.15) is 42.2 Å². The van der Waals surface area contributed by atoms with Crippen LogP contribution in [0.5, 0.6) is 0 Å². The second-order valence-electron chi connectivity index (χ2n) is 6.45. The van der Waals surface area contributed by atoms with E-state index in [1.165, 1.54) is 6.33 Å². The zero-order valence-corrected chi connectivity index (χ0v) is 14.0. The quantitative estimate of drug-likeness (QED) is 0.872. The first kappa shape index (κ1) is 16.6. The van der Waals surface area contributed by atoms with Gasteiger partial charge < -0.3 is 5.11 Å². The van der Waals surface area contributed by atoms with E-state index < -0.39 is 0 Å². The highest BCUT2D eigenvalue weighted by Gasteiger charge is 2.20. The van der Waals surface area contributed by atoms with Gasteiger partial charge in [-0.25, -0.2) is 4.68 Å². The summed E-state index contributed by atoms with van der Waals surface area (Å²) in [4.78, 5) is 18.8. The van der Waals surface area contributed by atoms with Crippen molar-refractivity contribution in [1.29, 1.82) is 0 Å². The van der Waals surface area contributed by atoms with Gasteiger partial charge in [0.15, 0.2) is 0 Å². The van der Waals surface area contributed by atoms with Crippen molar-refractivity contribution >= 4 is 11.9 Å². The second kappa shape index (κ2) is 7.11. The molecule has 7 heteroatoms. The maximum Gasteiger partial charge on any atom is 0.258 e. The number of β-amino-alcohol motifs (C(OH)–C–C–N with tert-alkyl or cyclic N) is 1. The third kappa shape index (κ3) is 3.80. The molecule has 1 aromatic carbocycles. The van der Waals surface area contributed by atoms with E-state index >= 15 is 0 Å². The fraction of sp³-hybridized carbons (Fsp3) is 0.471. The fourth-order valence-electron chi connectivity index (χ4n) is 2.92. The molecule has 128 valence electrons. The lowest BCUT2D eigenvalue weighted by Gasteiger charge is -2.15. The van der Waals surface area contributed by atoms with E-state index in [4.69, 9.17) is 0 Å². The summed E-state index contributed by atoms with van der Waals surface area (Å²) in [6.07, 6.45) is 2.01. The average Bonchev–Trinajstić information content (AvgIpc) is 3.16. The van der Waals surface area contributed by atoms with Gasteiger partial charge in [-0.3, -0.25) is 15.0 Å². The lowest BCUT2D eigenvalue weighted by molar-refractivity contribution is 0.102. The molecular weight excluding hydrogens is 306 g/mol. The Morgan fingerprint density at radius 3 is 3.00 bits per heavy atom. The Morgan fingerprint density at radius 1 is 1.46 bits per heavy atom. The molecule has 0 aliphatic carbocycles. The maximum atomic E-state index is 12.5. The number of hydrogen-bond donors (Lipinski definition) is 2. The molecule has 0 bridgehead atoms. The number of benzene rings is 1. The van der Waals surface area contributed by atoms with Gasteiger partial charge in [-0.05, 0) is 38.0 Å². The van der Waals surface area contributed by atoms with Crippen molar-refractivity contribution in [3.63, 3.8) is 0 Å². The van der Waals surface area contributed by atoms with Crippen molar-refractivity contribution in [1.82, 2.24) is 19.7 Å². The lowest BCUT2D eigenvalue weighted by Crippen LogP contribution is -2.22. The Morgan fingerprint density at radius 2 is 2.29 bits per heavy atom. The Kier molecular flexibility index (Phi) is 4.92. The van der Waals surface area contributed by atoms with Gasteiger partial charge in [0.05, 0.1) is 12.1 Å². The van der Waals surface area contributed by atoms with Gasteiger partial charge in [0.1, 0.15) is 6.33 Å². The number of carbonyl (C=O) groups excluding carboxylic acids is 1. The van der Waals surface area contributed by atoms with Crippen molar-refractivity contribution in [3.8, 4) is 0 Å². The van der Waals surface area contributed by atoms with Gasteiger partial charge in [-0.1, -0.05) is 12.1 Å². The number of aliphatic hydroxyl groups excluding tert-OH is 1. The van der Waals surface area contributed by atoms with Crippen molar-refractivity contribution in [2.45, 2.75) is 39.0 Å². The molecule has 0 radical (unpaired) electrons. The van der Waals surface area contributed by atoms with E-state index in [9.17, 15) is 9.90 Å². The van der Waals surface area contributed by atoms with Crippen molar-refractivity contribution < 1.29 is 9.90 Å². The Balaban J connectivity index is 1.69. The molecule has 0 saturated carbocycles. The zero-order chi connectivity index (χ0) is 17.1. The normalized spacial score (nSPS) is 18.2.